The molecule has 2 rings (SSSR count). The number of amides is 3. The number of carbonyl (C=O) groups excluding carboxylic acids is 2. The van der Waals surface area contributed by atoms with Crippen LogP contribution in [-0.4, -0.2) is 36.6 Å². The first-order valence-electron chi connectivity index (χ1n) is 8.40. The molecule has 0 saturated heterocycles. The van der Waals surface area contributed by atoms with Crippen LogP contribution in [0.15, 0.2) is 45.3 Å². The molecule has 0 heterocycles. The number of nitrogens with one attached hydrogen (secondary N) is 3. The predicted octanol–water partition coefficient (Wildman–Crippen LogP) is 4.87. The fourth-order valence-electron chi connectivity index (χ4n) is 2.31. The standard InChI is InChI=1S/C18H16Br2F3N3O4/c19-10-6-11(20)8-12(7-10)25-17(29)26-15-9-13(30-18(21,22)23)2-3-14(15)16(28)24-4-1-5-27/h2-3,6-9,27H,1,4-5H2,(H,24,28)(H2,25,26,29). The highest BCUT2D eigenvalue weighted by molar-refractivity contribution is 9.11. The highest BCUT2D eigenvalue weighted by atomic mass is 79.9. The monoisotopic (exact) mass is 553 g/mol. The van der Waals surface area contributed by atoms with Crippen LogP contribution in [0.5, 0.6) is 5.75 Å². The van der Waals surface area contributed by atoms with Crippen LogP contribution >= 0.6 is 31.9 Å². The minimum atomic E-state index is -4.94. The van der Waals surface area contributed by atoms with Gasteiger partial charge in [0.1, 0.15) is 5.75 Å². The Kier molecular flexibility index (Phi) is 8.50. The van der Waals surface area contributed by atoms with Crippen molar-refractivity contribution in [2.75, 3.05) is 23.8 Å². The molecule has 0 radical (unpaired) electrons. The molecule has 0 bridgehead atoms. The molecule has 2 aromatic carbocycles. The second kappa shape index (κ2) is 10.6. The van der Waals surface area contributed by atoms with Crippen molar-refractivity contribution in [2.24, 2.45) is 0 Å². The Hall–Kier alpha value is -2.31. The molecular weight excluding hydrogens is 539 g/mol. The van der Waals surface area contributed by atoms with Crippen LogP contribution in [0.4, 0.5) is 29.3 Å². The third-order valence-corrected chi connectivity index (χ3v) is 4.37. The van der Waals surface area contributed by atoms with Gasteiger partial charge in [-0.25, -0.2) is 4.79 Å². The molecule has 0 aliphatic carbocycles. The number of aliphatic hydroxyl groups excluding tert-OH is 1. The van der Waals surface area contributed by atoms with E-state index in [2.05, 4.69) is 52.5 Å². The number of carbonyl (C=O) groups is 2. The Morgan fingerprint density at radius 1 is 1.03 bits per heavy atom. The highest BCUT2D eigenvalue weighted by Crippen LogP contribution is 2.28. The summed E-state index contributed by atoms with van der Waals surface area (Å²) in [5.41, 5.74) is 0.128. The van der Waals surface area contributed by atoms with E-state index in [0.29, 0.717) is 21.1 Å². The van der Waals surface area contributed by atoms with Gasteiger partial charge in [0.25, 0.3) is 5.91 Å². The molecule has 0 fully saturated rings. The number of rotatable bonds is 7. The van der Waals surface area contributed by atoms with E-state index < -0.39 is 24.1 Å². The maximum Gasteiger partial charge on any atom is 0.573 e. The van der Waals surface area contributed by atoms with Gasteiger partial charge < -0.3 is 25.8 Å². The van der Waals surface area contributed by atoms with Crippen LogP contribution in [0, 0.1) is 0 Å². The zero-order valence-electron chi connectivity index (χ0n) is 15.1. The van der Waals surface area contributed by atoms with Gasteiger partial charge in [-0.05, 0) is 36.8 Å². The molecule has 0 saturated carbocycles. The fourth-order valence-corrected chi connectivity index (χ4v) is 3.60. The molecule has 0 aliphatic heterocycles. The summed E-state index contributed by atoms with van der Waals surface area (Å²) in [5.74, 6) is -1.24. The summed E-state index contributed by atoms with van der Waals surface area (Å²) < 4.78 is 42.8. The van der Waals surface area contributed by atoms with Gasteiger partial charge in [-0.1, -0.05) is 31.9 Å². The molecule has 0 unspecified atom stereocenters. The van der Waals surface area contributed by atoms with E-state index in [1.165, 1.54) is 0 Å². The smallest absolute Gasteiger partial charge is 0.406 e. The SMILES string of the molecule is O=C(Nc1cc(Br)cc(Br)c1)Nc1cc(OC(F)(F)F)ccc1C(=O)NCCCO. The zero-order chi connectivity index (χ0) is 22.3. The number of urea groups is 1. The van der Waals surface area contributed by atoms with E-state index in [1.54, 1.807) is 18.2 Å². The van der Waals surface area contributed by atoms with Crippen LogP contribution in [0.1, 0.15) is 16.8 Å². The maximum absolute atomic E-state index is 12.5. The van der Waals surface area contributed by atoms with Crippen molar-refractivity contribution in [2.45, 2.75) is 12.8 Å². The molecule has 4 N–H and O–H groups in total. The van der Waals surface area contributed by atoms with Gasteiger partial charge in [0.05, 0.1) is 11.3 Å². The van der Waals surface area contributed by atoms with Gasteiger partial charge in [-0.3, -0.25) is 4.79 Å². The molecule has 30 heavy (non-hydrogen) atoms. The minimum Gasteiger partial charge on any atom is -0.406 e. The lowest BCUT2D eigenvalue weighted by molar-refractivity contribution is -0.274. The number of hydrogen-bond acceptors (Lipinski definition) is 4. The maximum atomic E-state index is 12.5. The number of aliphatic hydroxyl groups is 1. The van der Waals surface area contributed by atoms with Crippen molar-refractivity contribution in [3.8, 4) is 5.75 Å². The Labute approximate surface area is 186 Å². The number of anilines is 2. The summed E-state index contributed by atoms with van der Waals surface area (Å²) in [6.45, 7) is 0.00217. The molecule has 162 valence electrons. The van der Waals surface area contributed by atoms with Crippen LogP contribution in [0.25, 0.3) is 0 Å². The summed E-state index contributed by atoms with van der Waals surface area (Å²) in [7, 11) is 0. The molecule has 0 atom stereocenters. The van der Waals surface area contributed by atoms with Crippen molar-refractivity contribution in [3.63, 3.8) is 0 Å². The van der Waals surface area contributed by atoms with Gasteiger partial charge >= 0.3 is 12.4 Å². The lowest BCUT2D eigenvalue weighted by Crippen LogP contribution is -2.28. The molecule has 2 aromatic rings. The first kappa shape index (κ1) is 24.0. The first-order chi connectivity index (χ1) is 14.1. The summed E-state index contributed by atoms with van der Waals surface area (Å²) in [5, 5.41) is 16.2. The largest absolute Gasteiger partial charge is 0.573 e. The molecule has 0 aliphatic rings. The number of alkyl halides is 3. The first-order valence-corrected chi connectivity index (χ1v) is 9.99. The third-order valence-electron chi connectivity index (χ3n) is 3.46. The Bertz CT molecular complexity index is 906. The minimum absolute atomic E-state index is 0.0759. The van der Waals surface area contributed by atoms with Crippen molar-refractivity contribution in [1.82, 2.24) is 5.32 Å². The Morgan fingerprint density at radius 3 is 2.30 bits per heavy atom. The molecule has 12 heteroatoms. The molecule has 3 amide bonds. The molecule has 0 spiro atoms. The Morgan fingerprint density at radius 2 is 1.70 bits per heavy atom. The van der Waals surface area contributed by atoms with E-state index in [-0.39, 0.29) is 24.4 Å². The van der Waals surface area contributed by atoms with Crippen molar-refractivity contribution >= 4 is 55.2 Å². The molecule has 0 aromatic heterocycles. The van der Waals surface area contributed by atoms with Crippen LogP contribution in [0.3, 0.4) is 0 Å². The average Bonchev–Trinajstić information content (AvgIpc) is 2.59. The van der Waals surface area contributed by atoms with E-state index in [9.17, 15) is 22.8 Å². The van der Waals surface area contributed by atoms with E-state index in [1.807, 2.05) is 0 Å². The second-order valence-electron chi connectivity index (χ2n) is 5.83. The van der Waals surface area contributed by atoms with Crippen molar-refractivity contribution < 1.29 is 32.6 Å². The molecule has 7 nitrogen and oxygen atoms in total. The normalized spacial score (nSPS) is 11.0. The lowest BCUT2D eigenvalue weighted by atomic mass is 10.1. The third kappa shape index (κ3) is 7.84. The second-order valence-corrected chi connectivity index (χ2v) is 7.66. The van der Waals surface area contributed by atoms with Gasteiger partial charge in [0, 0.05) is 33.9 Å². The fraction of sp³-hybridized carbons (Fsp3) is 0.222. The number of halogens is 5. The summed E-state index contributed by atoms with van der Waals surface area (Å²) in [4.78, 5) is 24.7. The van der Waals surface area contributed by atoms with E-state index in [0.717, 1.165) is 18.2 Å². The highest BCUT2D eigenvalue weighted by Gasteiger charge is 2.31. The van der Waals surface area contributed by atoms with Crippen molar-refractivity contribution in [1.29, 1.82) is 0 Å². The summed E-state index contributed by atoms with van der Waals surface area (Å²) >= 11 is 6.54. The van der Waals surface area contributed by atoms with Crippen LogP contribution < -0.4 is 20.7 Å². The van der Waals surface area contributed by atoms with E-state index in [4.69, 9.17) is 5.11 Å². The number of hydrogen-bond donors (Lipinski definition) is 4. The van der Waals surface area contributed by atoms with Crippen LogP contribution in [-0.2, 0) is 0 Å². The quantitative estimate of drug-likeness (QED) is 0.367. The summed E-state index contributed by atoms with van der Waals surface area (Å²) in [6.07, 6.45) is -4.64. The number of benzene rings is 2. The Balaban J connectivity index is 2.25. The van der Waals surface area contributed by atoms with Gasteiger partial charge in [-0.15, -0.1) is 13.2 Å². The average molecular weight is 555 g/mol. The lowest BCUT2D eigenvalue weighted by Gasteiger charge is -2.15. The zero-order valence-corrected chi connectivity index (χ0v) is 18.3. The predicted molar refractivity (Wildman–Crippen MR) is 112 cm³/mol. The summed E-state index contributed by atoms with van der Waals surface area (Å²) in [6, 6.07) is 7.13. The van der Waals surface area contributed by atoms with Crippen molar-refractivity contribution in [3.05, 3.63) is 50.9 Å². The van der Waals surface area contributed by atoms with Crippen LogP contribution in [0.2, 0.25) is 0 Å². The number of ether oxygens (including phenoxy) is 1. The molecular formula is C18H16Br2F3N3O4. The van der Waals surface area contributed by atoms with E-state index >= 15 is 0 Å². The van der Waals surface area contributed by atoms with Gasteiger partial charge in [-0.2, -0.15) is 0 Å². The topological polar surface area (TPSA) is 99.7 Å². The van der Waals surface area contributed by atoms with Gasteiger partial charge in [0.15, 0.2) is 0 Å². The van der Waals surface area contributed by atoms with Gasteiger partial charge in [0.2, 0.25) is 0 Å².